The van der Waals surface area contributed by atoms with E-state index >= 15 is 0 Å². The first-order valence-corrected chi connectivity index (χ1v) is 9.82. The topological polar surface area (TPSA) is 34.1 Å². The third kappa shape index (κ3) is 4.89. The van der Waals surface area contributed by atoms with Crippen LogP contribution in [0.1, 0.15) is 36.1 Å². The molecule has 2 aromatic carbocycles. The molecular weight excluding hydrogens is 348 g/mol. The summed E-state index contributed by atoms with van der Waals surface area (Å²) in [5.74, 6) is 0. The molecule has 1 aliphatic heterocycles. The summed E-state index contributed by atoms with van der Waals surface area (Å²) in [7, 11) is 0. The Bertz CT molecular complexity index is 802. The number of oxime groups is 1. The normalized spacial score (nSPS) is 16.0. The molecule has 0 spiro atoms. The molecule has 0 radical (unpaired) electrons. The van der Waals surface area contributed by atoms with E-state index in [0.717, 1.165) is 48.7 Å². The van der Waals surface area contributed by atoms with E-state index in [2.05, 4.69) is 61.7 Å². The Morgan fingerprint density at radius 3 is 2.36 bits per heavy atom. The molecule has 0 bridgehead atoms. The summed E-state index contributed by atoms with van der Waals surface area (Å²) in [5.41, 5.74) is 5.19. The van der Waals surface area contributed by atoms with Crippen LogP contribution in [-0.2, 0) is 16.2 Å². The summed E-state index contributed by atoms with van der Waals surface area (Å²) in [6.07, 6.45) is 1.84. The Hall–Kier alpha value is -2.43. The van der Waals surface area contributed by atoms with Gasteiger partial charge >= 0.3 is 0 Å². The molecule has 28 heavy (non-hydrogen) atoms. The Morgan fingerprint density at radius 1 is 1.11 bits per heavy atom. The van der Waals surface area contributed by atoms with E-state index in [1.54, 1.807) is 0 Å². The van der Waals surface area contributed by atoms with Crippen molar-refractivity contribution in [3.8, 4) is 0 Å². The highest BCUT2D eigenvalue weighted by molar-refractivity contribution is 6.06. The van der Waals surface area contributed by atoms with Crippen LogP contribution in [0.5, 0.6) is 0 Å². The number of hydrogen-bond donors (Lipinski definition) is 0. The van der Waals surface area contributed by atoms with Crippen molar-refractivity contribution in [2.24, 2.45) is 5.16 Å². The number of hydrogen-bond acceptors (Lipinski definition) is 4. The molecule has 148 valence electrons. The first kappa shape index (κ1) is 20.3. The van der Waals surface area contributed by atoms with Crippen molar-refractivity contribution >= 4 is 11.8 Å². The van der Waals surface area contributed by atoms with Crippen molar-refractivity contribution in [3.63, 3.8) is 0 Å². The van der Waals surface area contributed by atoms with Crippen LogP contribution < -0.4 is 0 Å². The van der Waals surface area contributed by atoms with E-state index in [9.17, 15) is 0 Å². The molecule has 0 aromatic heterocycles. The molecule has 1 heterocycles. The molecule has 1 saturated heterocycles. The minimum absolute atomic E-state index is 0.258. The SMILES string of the molecule is C=Cc1ccc(CON=C(c2ccc(C)cc2)C(C)(C)N2CCOCC2)cc1. The highest BCUT2D eigenvalue weighted by Gasteiger charge is 2.35. The van der Waals surface area contributed by atoms with E-state index in [1.807, 2.05) is 30.3 Å². The molecule has 0 amide bonds. The van der Waals surface area contributed by atoms with Gasteiger partial charge in [-0.25, -0.2) is 0 Å². The first-order chi connectivity index (χ1) is 13.5. The quantitative estimate of drug-likeness (QED) is 0.519. The fourth-order valence-corrected chi connectivity index (χ4v) is 3.42. The Kier molecular flexibility index (Phi) is 6.65. The second-order valence-electron chi connectivity index (χ2n) is 7.68. The van der Waals surface area contributed by atoms with Crippen molar-refractivity contribution in [1.29, 1.82) is 0 Å². The standard InChI is InChI=1S/C24H30N2O2/c1-5-20-8-10-21(11-9-20)18-28-25-23(22-12-6-19(2)7-13-22)24(3,4)26-14-16-27-17-15-26/h5-13H,1,14-18H2,2-4H3. The van der Waals surface area contributed by atoms with Crippen molar-refractivity contribution in [3.05, 3.63) is 77.4 Å². The van der Waals surface area contributed by atoms with Crippen molar-refractivity contribution in [2.75, 3.05) is 26.3 Å². The van der Waals surface area contributed by atoms with Crippen molar-refractivity contribution in [2.45, 2.75) is 32.9 Å². The molecule has 0 unspecified atom stereocenters. The third-order valence-corrected chi connectivity index (χ3v) is 5.31. The van der Waals surface area contributed by atoms with Gasteiger partial charge in [0.1, 0.15) is 12.3 Å². The highest BCUT2D eigenvalue weighted by Crippen LogP contribution is 2.24. The van der Waals surface area contributed by atoms with Gasteiger partial charge in [0.2, 0.25) is 0 Å². The molecule has 0 aliphatic carbocycles. The Morgan fingerprint density at radius 2 is 1.75 bits per heavy atom. The van der Waals surface area contributed by atoms with Crippen LogP contribution >= 0.6 is 0 Å². The average Bonchev–Trinajstić information content (AvgIpc) is 2.73. The maximum atomic E-state index is 5.82. The van der Waals surface area contributed by atoms with Crippen LogP contribution in [0.3, 0.4) is 0 Å². The van der Waals surface area contributed by atoms with Gasteiger partial charge in [-0.15, -0.1) is 0 Å². The Labute approximate surface area is 168 Å². The zero-order valence-corrected chi connectivity index (χ0v) is 17.1. The lowest BCUT2D eigenvalue weighted by molar-refractivity contribution is 0.00862. The zero-order chi connectivity index (χ0) is 20.0. The largest absolute Gasteiger partial charge is 0.391 e. The molecular formula is C24H30N2O2. The molecule has 1 aliphatic rings. The van der Waals surface area contributed by atoms with Crippen LogP contribution in [0.4, 0.5) is 0 Å². The van der Waals surface area contributed by atoms with Crippen molar-refractivity contribution in [1.82, 2.24) is 4.90 Å². The summed E-state index contributed by atoms with van der Waals surface area (Å²) in [6.45, 7) is 14.0. The van der Waals surface area contributed by atoms with E-state index in [0.29, 0.717) is 6.61 Å². The van der Waals surface area contributed by atoms with Gasteiger partial charge in [0.15, 0.2) is 0 Å². The van der Waals surface area contributed by atoms with E-state index < -0.39 is 0 Å². The second-order valence-corrected chi connectivity index (χ2v) is 7.68. The number of nitrogens with zero attached hydrogens (tertiary/aromatic N) is 2. The molecule has 2 aromatic rings. The van der Waals surface area contributed by atoms with Crippen molar-refractivity contribution < 1.29 is 9.57 Å². The van der Waals surface area contributed by atoms with Crippen LogP contribution in [0, 0.1) is 6.92 Å². The summed E-state index contributed by atoms with van der Waals surface area (Å²) in [6, 6.07) is 16.7. The van der Waals surface area contributed by atoms with Gasteiger partial charge in [0.25, 0.3) is 0 Å². The lowest BCUT2D eigenvalue weighted by Gasteiger charge is -2.41. The number of rotatable bonds is 7. The molecule has 1 fully saturated rings. The molecule has 3 rings (SSSR count). The van der Waals surface area contributed by atoms with Gasteiger partial charge in [0, 0.05) is 18.7 Å². The van der Waals surface area contributed by atoms with Crippen LogP contribution in [0.2, 0.25) is 0 Å². The van der Waals surface area contributed by atoms with Gasteiger partial charge in [0.05, 0.1) is 18.8 Å². The fraction of sp³-hybridized carbons (Fsp3) is 0.375. The number of ether oxygens (including phenoxy) is 1. The summed E-state index contributed by atoms with van der Waals surface area (Å²) in [4.78, 5) is 8.24. The van der Waals surface area contributed by atoms with Gasteiger partial charge in [-0.05, 0) is 31.9 Å². The minimum Gasteiger partial charge on any atom is -0.391 e. The lowest BCUT2D eigenvalue weighted by atomic mass is 9.89. The number of aryl methyl sites for hydroxylation is 1. The molecule has 0 saturated carbocycles. The fourth-order valence-electron chi connectivity index (χ4n) is 3.42. The molecule has 0 atom stereocenters. The number of benzene rings is 2. The maximum Gasteiger partial charge on any atom is 0.142 e. The van der Waals surface area contributed by atoms with E-state index in [1.165, 1.54) is 5.56 Å². The second kappa shape index (κ2) is 9.18. The minimum atomic E-state index is -0.258. The molecule has 0 N–H and O–H groups in total. The summed E-state index contributed by atoms with van der Waals surface area (Å²) < 4.78 is 5.53. The Balaban J connectivity index is 1.83. The van der Waals surface area contributed by atoms with Crippen LogP contribution in [-0.4, -0.2) is 42.5 Å². The summed E-state index contributed by atoms with van der Waals surface area (Å²) >= 11 is 0. The van der Waals surface area contributed by atoms with E-state index in [-0.39, 0.29) is 5.54 Å². The molecule has 4 heteroatoms. The van der Waals surface area contributed by atoms with Gasteiger partial charge < -0.3 is 9.57 Å². The number of morpholine rings is 1. The highest BCUT2D eigenvalue weighted by atomic mass is 16.6. The van der Waals surface area contributed by atoms with Gasteiger partial charge in [-0.3, -0.25) is 4.90 Å². The lowest BCUT2D eigenvalue weighted by Crippen LogP contribution is -2.54. The van der Waals surface area contributed by atoms with Gasteiger partial charge in [-0.1, -0.05) is 71.9 Å². The van der Waals surface area contributed by atoms with Crippen LogP contribution in [0.15, 0.2) is 60.3 Å². The summed E-state index contributed by atoms with van der Waals surface area (Å²) in [5, 5.41) is 4.62. The molecule has 4 nitrogen and oxygen atoms in total. The maximum absolute atomic E-state index is 5.82. The average molecular weight is 379 g/mol. The predicted molar refractivity (Wildman–Crippen MR) is 116 cm³/mol. The zero-order valence-electron chi connectivity index (χ0n) is 17.1. The predicted octanol–water partition coefficient (Wildman–Crippen LogP) is 4.67. The van der Waals surface area contributed by atoms with Gasteiger partial charge in [-0.2, -0.15) is 0 Å². The first-order valence-electron chi connectivity index (χ1n) is 9.82. The monoisotopic (exact) mass is 378 g/mol. The smallest absolute Gasteiger partial charge is 0.142 e. The van der Waals surface area contributed by atoms with Crippen LogP contribution in [0.25, 0.3) is 6.08 Å². The third-order valence-electron chi connectivity index (χ3n) is 5.31. The van der Waals surface area contributed by atoms with E-state index in [4.69, 9.17) is 9.57 Å².